The fraction of sp³-hybridized carbons (Fsp3) is 0.0417. The van der Waals surface area contributed by atoms with Crippen LogP contribution in [0.1, 0.15) is 31.8 Å². The number of thiophene rings is 1. The van der Waals surface area contributed by atoms with E-state index in [9.17, 15) is 14.0 Å². The van der Waals surface area contributed by atoms with Gasteiger partial charge in [0.25, 0.3) is 5.91 Å². The molecular weight excluding hydrogens is 399 g/mol. The van der Waals surface area contributed by atoms with Crippen LogP contribution >= 0.6 is 11.3 Å². The van der Waals surface area contributed by atoms with Crippen molar-refractivity contribution in [3.05, 3.63) is 112 Å². The van der Waals surface area contributed by atoms with E-state index in [1.165, 1.54) is 24.3 Å². The molecule has 1 amide bonds. The van der Waals surface area contributed by atoms with E-state index in [4.69, 9.17) is 0 Å². The van der Waals surface area contributed by atoms with Crippen molar-refractivity contribution >= 4 is 23.0 Å². The van der Waals surface area contributed by atoms with Crippen molar-refractivity contribution in [3.8, 4) is 11.3 Å². The molecule has 0 bridgehead atoms. The third kappa shape index (κ3) is 4.34. The Morgan fingerprint density at radius 1 is 0.967 bits per heavy atom. The lowest BCUT2D eigenvalue weighted by molar-refractivity contribution is 0.0939. The van der Waals surface area contributed by atoms with Crippen LogP contribution in [-0.2, 0) is 6.54 Å². The summed E-state index contributed by atoms with van der Waals surface area (Å²) in [7, 11) is 0. The van der Waals surface area contributed by atoms with Crippen molar-refractivity contribution in [1.29, 1.82) is 0 Å². The van der Waals surface area contributed by atoms with E-state index in [0.717, 1.165) is 16.8 Å². The highest BCUT2D eigenvalue weighted by molar-refractivity contribution is 7.08. The molecule has 0 spiro atoms. The van der Waals surface area contributed by atoms with E-state index in [1.807, 2.05) is 29.0 Å². The van der Waals surface area contributed by atoms with Gasteiger partial charge in [-0.3, -0.25) is 14.6 Å². The highest BCUT2D eigenvalue weighted by atomic mass is 32.1. The summed E-state index contributed by atoms with van der Waals surface area (Å²) in [6.07, 6.45) is 1.71. The fourth-order valence-corrected chi connectivity index (χ4v) is 3.72. The number of carbonyl (C=O) groups is 2. The molecule has 0 saturated carbocycles. The average molecular weight is 416 g/mol. The van der Waals surface area contributed by atoms with Gasteiger partial charge in [0, 0.05) is 34.8 Å². The lowest BCUT2D eigenvalue weighted by Gasteiger charge is -2.10. The second-order valence-corrected chi connectivity index (χ2v) is 7.41. The summed E-state index contributed by atoms with van der Waals surface area (Å²) in [5.41, 5.74) is 3.65. The van der Waals surface area contributed by atoms with E-state index < -0.39 is 5.82 Å². The molecule has 4 nitrogen and oxygen atoms in total. The van der Waals surface area contributed by atoms with Crippen molar-refractivity contribution in [3.63, 3.8) is 0 Å². The van der Waals surface area contributed by atoms with E-state index in [0.29, 0.717) is 12.1 Å². The van der Waals surface area contributed by atoms with Crippen LogP contribution in [0.4, 0.5) is 4.39 Å². The van der Waals surface area contributed by atoms with Gasteiger partial charge < -0.3 is 5.32 Å². The normalized spacial score (nSPS) is 10.6. The summed E-state index contributed by atoms with van der Waals surface area (Å²) in [5.74, 6) is -1.10. The lowest BCUT2D eigenvalue weighted by atomic mass is 9.98. The van der Waals surface area contributed by atoms with Gasteiger partial charge in [0.05, 0.1) is 11.3 Å². The minimum atomic E-state index is -0.420. The van der Waals surface area contributed by atoms with Crippen LogP contribution in [-0.4, -0.2) is 16.7 Å². The van der Waals surface area contributed by atoms with Gasteiger partial charge >= 0.3 is 0 Å². The van der Waals surface area contributed by atoms with Crippen molar-refractivity contribution in [2.24, 2.45) is 0 Å². The second-order valence-electron chi connectivity index (χ2n) is 6.63. The number of hydrogen-bond donors (Lipinski definition) is 1. The molecule has 148 valence electrons. The molecule has 0 unspecified atom stereocenters. The highest BCUT2D eigenvalue weighted by Gasteiger charge is 2.18. The minimum absolute atomic E-state index is 0.273. The van der Waals surface area contributed by atoms with Crippen LogP contribution in [0.5, 0.6) is 0 Å². The van der Waals surface area contributed by atoms with Gasteiger partial charge in [0.15, 0.2) is 5.78 Å². The maximum absolute atomic E-state index is 13.2. The first-order chi connectivity index (χ1) is 14.6. The number of nitrogens with zero attached hydrogens (tertiary/aromatic N) is 1. The standard InChI is InChI=1S/C24H17FN2O2S/c25-19-7-5-17(6-8-19)23(28)20-3-1-2-4-21(20)24(29)27-14-16-9-11-26-22(13-16)18-10-12-30-15-18/h1-13,15H,14H2,(H,27,29). The maximum atomic E-state index is 13.2. The van der Waals surface area contributed by atoms with Gasteiger partial charge in [-0.1, -0.05) is 18.2 Å². The molecule has 4 rings (SSSR count). The summed E-state index contributed by atoms with van der Waals surface area (Å²) >= 11 is 1.60. The summed E-state index contributed by atoms with van der Waals surface area (Å²) in [5, 5.41) is 6.87. The molecule has 2 heterocycles. The molecule has 0 radical (unpaired) electrons. The number of ketones is 1. The van der Waals surface area contributed by atoms with Crippen LogP contribution < -0.4 is 5.32 Å². The molecule has 0 fully saturated rings. The number of halogens is 1. The largest absolute Gasteiger partial charge is 0.348 e. The average Bonchev–Trinajstić information content (AvgIpc) is 3.33. The molecule has 2 aromatic heterocycles. The molecule has 0 aliphatic rings. The smallest absolute Gasteiger partial charge is 0.252 e. The Kier molecular flexibility index (Phi) is 5.77. The molecule has 0 aliphatic carbocycles. The van der Waals surface area contributed by atoms with Crippen molar-refractivity contribution in [1.82, 2.24) is 10.3 Å². The predicted octanol–water partition coefficient (Wildman–Crippen LogP) is 5.11. The van der Waals surface area contributed by atoms with Gasteiger partial charge in [-0.25, -0.2) is 4.39 Å². The number of hydrogen-bond acceptors (Lipinski definition) is 4. The van der Waals surface area contributed by atoms with Crippen LogP contribution in [0.3, 0.4) is 0 Å². The monoisotopic (exact) mass is 416 g/mol. The van der Waals surface area contributed by atoms with Crippen molar-refractivity contribution in [2.75, 3.05) is 0 Å². The summed E-state index contributed by atoms with van der Waals surface area (Å²) in [6, 6.07) is 17.6. The van der Waals surface area contributed by atoms with Crippen LogP contribution in [0.25, 0.3) is 11.3 Å². The lowest BCUT2D eigenvalue weighted by Crippen LogP contribution is -2.25. The zero-order chi connectivity index (χ0) is 20.9. The number of nitrogens with one attached hydrogen (secondary N) is 1. The number of rotatable bonds is 6. The molecule has 30 heavy (non-hydrogen) atoms. The van der Waals surface area contributed by atoms with Gasteiger partial charge in [0.1, 0.15) is 5.82 Å². The predicted molar refractivity (Wildman–Crippen MR) is 115 cm³/mol. The van der Waals surface area contributed by atoms with Crippen LogP contribution in [0.2, 0.25) is 0 Å². The second kappa shape index (κ2) is 8.80. The van der Waals surface area contributed by atoms with E-state index in [2.05, 4.69) is 10.3 Å². The number of aromatic nitrogens is 1. The van der Waals surface area contributed by atoms with Crippen molar-refractivity contribution < 1.29 is 14.0 Å². The van der Waals surface area contributed by atoms with E-state index >= 15 is 0 Å². The topological polar surface area (TPSA) is 59.1 Å². The Hall–Kier alpha value is -3.64. The van der Waals surface area contributed by atoms with Crippen molar-refractivity contribution in [2.45, 2.75) is 6.54 Å². The molecular formula is C24H17FN2O2S. The zero-order valence-electron chi connectivity index (χ0n) is 15.8. The zero-order valence-corrected chi connectivity index (χ0v) is 16.7. The first-order valence-corrected chi connectivity index (χ1v) is 10.2. The SMILES string of the molecule is O=C(NCc1ccnc(-c2ccsc2)c1)c1ccccc1C(=O)c1ccc(F)cc1. The summed E-state index contributed by atoms with van der Waals surface area (Å²) in [4.78, 5) is 30.0. The quantitative estimate of drug-likeness (QED) is 0.444. The molecule has 0 atom stereocenters. The highest BCUT2D eigenvalue weighted by Crippen LogP contribution is 2.21. The van der Waals surface area contributed by atoms with E-state index in [1.54, 1.807) is 41.8 Å². The summed E-state index contributed by atoms with van der Waals surface area (Å²) in [6.45, 7) is 0.303. The Labute approximate surface area is 177 Å². The molecule has 2 aromatic carbocycles. The Balaban J connectivity index is 1.51. The first-order valence-electron chi connectivity index (χ1n) is 9.27. The summed E-state index contributed by atoms with van der Waals surface area (Å²) < 4.78 is 13.2. The van der Waals surface area contributed by atoms with Gasteiger partial charge in [0.2, 0.25) is 0 Å². The van der Waals surface area contributed by atoms with Gasteiger partial charge in [-0.2, -0.15) is 11.3 Å². The Bertz CT molecular complexity index is 1190. The molecule has 4 aromatic rings. The number of benzene rings is 2. The number of amides is 1. The molecule has 6 heteroatoms. The minimum Gasteiger partial charge on any atom is -0.348 e. The van der Waals surface area contributed by atoms with Gasteiger partial charge in [-0.15, -0.1) is 0 Å². The number of pyridine rings is 1. The third-order valence-electron chi connectivity index (χ3n) is 4.62. The number of carbonyl (C=O) groups excluding carboxylic acids is 2. The van der Waals surface area contributed by atoms with E-state index in [-0.39, 0.29) is 22.8 Å². The van der Waals surface area contributed by atoms with Crippen LogP contribution in [0.15, 0.2) is 83.7 Å². The Morgan fingerprint density at radius 3 is 2.47 bits per heavy atom. The maximum Gasteiger partial charge on any atom is 0.252 e. The molecule has 0 aliphatic heterocycles. The first kappa shape index (κ1) is 19.7. The molecule has 0 saturated heterocycles. The van der Waals surface area contributed by atoms with Gasteiger partial charge in [-0.05, 0) is 59.5 Å². The fourth-order valence-electron chi connectivity index (χ4n) is 3.07. The van der Waals surface area contributed by atoms with Crippen LogP contribution in [0, 0.1) is 5.82 Å². The molecule has 1 N–H and O–H groups in total. The Morgan fingerprint density at radius 2 is 1.73 bits per heavy atom. The third-order valence-corrected chi connectivity index (χ3v) is 5.30.